The van der Waals surface area contributed by atoms with Gasteiger partial charge in [0.2, 0.25) is 5.43 Å². The van der Waals surface area contributed by atoms with Crippen LogP contribution in [0.2, 0.25) is 0 Å². The Labute approximate surface area is 215 Å². The van der Waals surface area contributed by atoms with E-state index in [0.717, 1.165) is 51.1 Å². The van der Waals surface area contributed by atoms with E-state index in [1.807, 2.05) is 16.4 Å². The zero-order valence-corrected chi connectivity index (χ0v) is 21.3. The van der Waals surface area contributed by atoms with E-state index in [9.17, 15) is 14.0 Å². The highest BCUT2D eigenvalue weighted by molar-refractivity contribution is 6.08. The summed E-state index contributed by atoms with van der Waals surface area (Å²) < 4.78 is 31.3. The van der Waals surface area contributed by atoms with Crippen LogP contribution in [0.5, 0.6) is 0 Å². The fraction of sp³-hybridized carbons (Fsp3) is 0.448. The van der Waals surface area contributed by atoms with E-state index in [0.29, 0.717) is 29.7 Å². The van der Waals surface area contributed by atoms with Gasteiger partial charge in [0.25, 0.3) is 5.91 Å². The SMILES string of the molecule is CCN1CCN(c2cc3c(cc2F)c(=O)c(C(=O)N2c4ccc(F)cc4CC[C@H]2C)cn3C2CC2)CC1. The van der Waals surface area contributed by atoms with E-state index >= 15 is 4.39 Å². The zero-order chi connectivity index (χ0) is 25.8. The van der Waals surface area contributed by atoms with Crippen molar-refractivity contribution in [2.75, 3.05) is 42.5 Å². The molecule has 1 atom stereocenters. The maximum absolute atomic E-state index is 15.5. The minimum Gasteiger partial charge on any atom is -0.367 e. The van der Waals surface area contributed by atoms with Crippen molar-refractivity contribution < 1.29 is 13.6 Å². The second-order valence-electron chi connectivity index (χ2n) is 10.6. The number of amides is 1. The van der Waals surface area contributed by atoms with Crippen LogP contribution < -0.4 is 15.2 Å². The highest BCUT2D eigenvalue weighted by atomic mass is 19.1. The molecule has 8 heteroatoms. The van der Waals surface area contributed by atoms with Gasteiger partial charge in [0.05, 0.1) is 11.2 Å². The molecule has 0 spiro atoms. The lowest BCUT2D eigenvalue weighted by Crippen LogP contribution is -2.46. The molecule has 2 aromatic carbocycles. The van der Waals surface area contributed by atoms with Crippen LogP contribution in [-0.4, -0.2) is 54.1 Å². The van der Waals surface area contributed by atoms with Gasteiger partial charge in [-0.15, -0.1) is 0 Å². The predicted octanol–water partition coefficient (Wildman–Crippen LogP) is 4.74. The zero-order valence-electron chi connectivity index (χ0n) is 21.3. The fourth-order valence-corrected chi connectivity index (χ4v) is 5.87. The van der Waals surface area contributed by atoms with E-state index in [-0.39, 0.29) is 28.9 Å². The number of rotatable bonds is 4. The third-order valence-corrected chi connectivity index (χ3v) is 8.22. The molecule has 3 heterocycles. The molecule has 2 fully saturated rings. The Morgan fingerprint density at radius 3 is 2.46 bits per heavy atom. The number of fused-ring (bicyclic) bond motifs is 2. The molecule has 6 rings (SSSR count). The van der Waals surface area contributed by atoms with Crippen LogP contribution in [0.4, 0.5) is 20.2 Å². The molecule has 1 saturated heterocycles. The number of aryl methyl sites for hydroxylation is 1. The van der Waals surface area contributed by atoms with Crippen molar-refractivity contribution in [2.24, 2.45) is 0 Å². The number of nitrogens with zero attached hydrogens (tertiary/aromatic N) is 4. The van der Waals surface area contributed by atoms with Gasteiger partial charge in [-0.1, -0.05) is 6.92 Å². The lowest BCUT2D eigenvalue weighted by molar-refractivity contribution is 0.0973. The molecule has 3 aliphatic rings. The van der Waals surface area contributed by atoms with Crippen LogP contribution in [0.1, 0.15) is 55.1 Å². The summed E-state index contributed by atoms with van der Waals surface area (Å²) in [6.07, 6.45) is 4.93. The number of pyridine rings is 1. The quantitative estimate of drug-likeness (QED) is 0.513. The first-order valence-electron chi connectivity index (χ1n) is 13.3. The van der Waals surface area contributed by atoms with Crippen LogP contribution in [0, 0.1) is 11.6 Å². The minimum atomic E-state index is -0.459. The van der Waals surface area contributed by atoms with Gasteiger partial charge in [-0.2, -0.15) is 0 Å². The van der Waals surface area contributed by atoms with Crippen LogP contribution in [0.25, 0.3) is 10.9 Å². The number of halogens is 2. The summed E-state index contributed by atoms with van der Waals surface area (Å²) in [6, 6.07) is 7.57. The van der Waals surface area contributed by atoms with Gasteiger partial charge >= 0.3 is 0 Å². The number of benzene rings is 2. The molecule has 6 nitrogen and oxygen atoms in total. The maximum Gasteiger partial charge on any atom is 0.264 e. The highest BCUT2D eigenvalue weighted by Gasteiger charge is 2.33. The van der Waals surface area contributed by atoms with Gasteiger partial charge < -0.3 is 19.3 Å². The third kappa shape index (κ3) is 4.21. The van der Waals surface area contributed by atoms with E-state index in [1.165, 1.54) is 18.2 Å². The molecule has 0 N–H and O–H groups in total. The van der Waals surface area contributed by atoms with Crippen molar-refractivity contribution in [3.8, 4) is 0 Å². The van der Waals surface area contributed by atoms with Gasteiger partial charge in [-0.05, 0) is 75.0 Å². The normalized spacial score (nSPS) is 20.4. The van der Waals surface area contributed by atoms with Crippen molar-refractivity contribution in [3.63, 3.8) is 0 Å². The number of aromatic nitrogens is 1. The molecule has 3 aromatic rings. The number of hydrogen-bond acceptors (Lipinski definition) is 4. The van der Waals surface area contributed by atoms with E-state index in [4.69, 9.17) is 0 Å². The molecule has 1 aliphatic carbocycles. The second-order valence-corrected chi connectivity index (χ2v) is 10.6. The average Bonchev–Trinajstić information content (AvgIpc) is 3.74. The Bertz CT molecular complexity index is 1440. The summed E-state index contributed by atoms with van der Waals surface area (Å²) in [5.41, 5.74) is 2.15. The van der Waals surface area contributed by atoms with Gasteiger partial charge in [0.15, 0.2) is 0 Å². The monoisotopic (exact) mass is 506 g/mol. The first-order valence-corrected chi connectivity index (χ1v) is 13.3. The van der Waals surface area contributed by atoms with Crippen LogP contribution in [0.15, 0.2) is 41.3 Å². The number of likely N-dealkylation sites (N-methyl/N-ethyl adjacent to an activating group) is 1. The molecule has 0 bridgehead atoms. The maximum atomic E-state index is 15.5. The number of piperazine rings is 1. The van der Waals surface area contributed by atoms with Gasteiger partial charge in [-0.25, -0.2) is 8.78 Å². The Balaban J connectivity index is 1.44. The Kier molecular flexibility index (Phi) is 6.02. The summed E-state index contributed by atoms with van der Waals surface area (Å²) in [5, 5.41) is 0.232. The topological polar surface area (TPSA) is 48.8 Å². The molecule has 0 unspecified atom stereocenters. The lowest BCUT2D eigenvalue weighted by atomic mass is 9.95. The van der Waals surface area contributed by atoms with E-state index in [1.54, 1.807) is 23.2 Å². The number of hydrogen-bond donors (Lipinski definition) is 0. The first kappa shape index (κ1) is 24.1. The van der Waals surface area contributed by atoms with Crippen molar-refractivity contribution in [1.82, 2.24) is 9.47 Å². The van der Waals surface area contributed by atoms with E-state index < -0.39 is 17.2 Å². The van der Waals surface area contributed by atoms with Gasteiger partial charge in [0, 0.05) is 55.5 Å². The van der Waals surface area contributed by atoms with Gasteiger partial charge in [0.1, 0.15) is 17.2 Å². The standard InChI is InChI=1S/C29H32F2N4O2/c1-3-32-10-12-33(13-11-32)27-16-26-22(15-24(27)31)28(36)23(17-34(26)21-7-8-21)29(37)35-18(2)4-5-19-14-20(30)6-9-25(19)35/h6,9,14-18,21H,3-5,7-8,10-13H2,1-2H3/t18-/m1/s1. The molecule has 2 aliphatic heterocycles. The number of carbonyl (C=O) groups is 1. The van der Waals surface area contributed by atoms with Crippen LogP contribution in [-0.2, 0) is 6.42 Å². The van der Waals surface area contributed by atoms with Crippen molar-refractivity contribution in [1.29, 1.82) is 0 Å². The molecular formula is C29H32F2N4O2. The largest absolute Gasteiger partial charge is 0.367 e. The predicted molar refractivity (Wildman–Crippen MR) is 142 cm³/mol. The molecule has 1 saturated carbocycles. The fourth-order valence-electron chi connectivity index (χ4n) is 5.87. The highest BCUT2D eigenvalue weighted by Crippen LogP contribution is 2.39. The minimum absolute atomic E-state index is 0.0344. The Morgan fingerprint density at radius 1 is 1.00 bits per heavy atom. The molecule has 1 aromatic heterocycles. The first-order chi connectivity index (χ1) is 17.9. The van der Waals surface area contributed by atoms with E-state index in [2.05, 4.69) is 11.8 Å². The molecular weight excluding hydrogens is 474 g/mol. The second kappa shape index (κ2) is 9.24. The lowest BCUT2D eigenvalue weighted by Gasteiger charge is -2.36. The molecule has 1 amide bonds. The van der Waals surface area contributed by atoms with Crippen LogP contribution in [0.3, 0.4) is 0 Å². The van der Waals surface area contributed by atoms with Crippen molar-refractivity contribution in [3.05, 3.63) is 69.5 Å². The molecule has 194 valence electrons. The smallest absolute Gasteiger partial charge is 0.264 e. The average molecular weight is 507 g/mol. The number of anilines is 2. The Morgan fingerprint density at radius 2 is 1.76 bits per heavy atom. The summed E-state index contributed by atoms with van der Waals surface area (Å²) in [4.78, 5) is 33.6. The van der Waals surface area contributed by atoms with Crippen molar-refractivity contribution >= 4 is 28.2 Å². The summed E-state index contributed by atoms with van der Waals surface area (Å²) >= 11 is 0. The summed E-state index contributed by atoms with van der Waals surface area (Å²) in [5.74, 6) is -1.19. The summed E-state index contributed by atoms with van der Waals surface area (Å²) in [7, 11) is 0. The third-order valence-electron chi connectivity index (χ3n) is 8.22. The molecule has 0 radical (unpaired) electrons. The van der Waals surface area contributed by atoms with Crippen LogP contribution >= 0.6 is 0 Å². The molecule has 37 heavy (non-hydrogen) atoms. The Hall–Kier alpha value is -3.26. The summed E-state index contributed by atoms with van der Waals surface area (Å²) in [6.45, 7) is 8.24. The van der Waals surface area contributed by atoms with Gasteiger partial charge in [-0.3, -0.25) is 9.59 Å². The van der Waals surface area contributed by atoms with Crippen molar-refractivity contribution in [2.45, 2.75) is 51.6 Å². The number of carbonyl (C=O) groups excluding carboxylic acids is 1.